The van der Waals surface area contributed by atoms with Gasteiger partial charge in [0.15, 0.2) is 0 Å². The van der Waals surface area contributed by atoms with Crippen LogP contribution in [0.1, 0.15) is 38.5 Å². The minimum absolute atomic E-state index is 0.0242. The summed E-state index contributed by atoms with van der Waals surface area (Å²) in [5.41, 5.74) is 0.924. The summed E-state index contributed by atoms with van der Waals surface area (Å²) in [7, 11) is 1.77. The van der Waals surface area contributed by atoms with Crippen molar-refractivity contribution < 1.29 is 14.3 Å². The van der Waals surface area contributed by atoms with Crippen LogP contribution < -0.4 is 10.6 Å². The van der Waals surface area contributed by atoms with Gasteiger partial charge >= 0.3 is 0 Å². The van der Waals surface area contributed by atoms with Gasteiger partial charge in [-0.3, -0.25) is 14.5 Å². The quantitative estimate of drug-likeness (QED) is 0.351. The Hall–Kier alpha value is -1.70. The number of ether oxygens (including phenoxy) is 1. The van der Waals surface area contributed by atoms with E-state index in [1.54, 1.807) is 7.11 Å². The molecule has 1 spiro atoms. The third kappa shape index (κ3) is 4.59. The van der Waals surface area contributed by atoms with Crippen LogP contribution in [0, 0.1) is 29.1 Å². The molecule has 6 nitrogen and oxygen atoms in total. The molecule has 1 aromatic rings. The summed E-state index contributed by atoms with van der Waals surface area (Å²) < 4.78 is 6.32. The lowest BCUT2D eigenvalue weighted by atomic mass is 9.81. The Bertz CT molecular complexity index is 930. The molecule has 5 atom stereocenters. The number of unbranched alkanes of at least 4 members (excludes halogenated alkanes) is 1. The Morgan fingerprint density at radius 2 is 1.79 bits per heavy atom. The van der Waals surface area contributed by atoms with Gasteiger partial charge in [0, 0.05) is 29.9 Å². The lowest BCUT2D eigenvalue weighted by Gasteiger charge is -2.26. The molecular weight excluding hydrogens is 494 g/mol. The number of benzene rings is 1. The molecule has 184 valence electrons. The second-order valence-electron chi connectivity index (χ2n) is 10.5. The van der Waals surface area contributed by atoms with E-state index in [-0.39, 0.29) is 40.9 Å². The number of anilines is 1. The largest absolute Gasteiger partial charge is 0.383 e. The topological polar surface area (TPSA) is 70.7 Å². The number of carbonyl (C=O) groups excluding carboxylic acids is 2. The zero-order chi connectivity index (χ0) is 23.7. The number of carbonyl (C=O) groups is 2. The van der Waals surface area contributed by atoms with Gasteiger partial charge in [0.25, 0.3) is 0 Å². The molecule has 1 saturated heterocycles. The number of rotatable bonds is 10. The lowest BCUT2D eigenvalue weighted by molar-refractivity contribution is -0.132. The first-order valence-corrected chi connectivity index (χ1v) is 13.6. The number of halogens is 1. The van der Waals surface area contributed by atoms with Crippen LogP contribution in [0.25, 0.3) is 0 Å². The second kappa shape index (κ2) is 10.1. The van der Waals surface area contributed by atoms with Gasteiger partial charge < -0.3 is 15.4 Å². The normalized spacial score (nSPS) is 30.7. The summed E-state index contributed by atoms with van der Waals surface area (Å²) in [6, 6.07) is 8.17. The van der Waals surface area contributed by atoms with E-state index in [0.29, 0.717) is 12.6 Å². The van der Waals surface area contributed by atoms with Crippen LogP contribution >= 0.6 is 15.9 Å². The average molecular weight is 531 g/mol. The lowest BCUT2D eigenvalue weighted by Crippen LogP contribution is -2.42. The number of nitrogens with zero attached hydrogens (tertiary/aromatic N) is 1. The average Bonchev–Trinajstić information content (AvgIpc) is 3.29. The summed E-state index contributed by atoms with van der Waals surface area (Å²) in [5, 5.41) is 6.27. The number of nitrogens with one attached hydrogen (secondary N) is 2. The maximum absolute atomic E-state index is 13.4. The molecule has 3 fully saturated rings. The monoisotopic (exact) mass is 529 g/mol. The molecule has 1 heterocycles. The van der Waals surface area contributed by atoms with Crippen LogP contribution in [0.2, 0.25) is 0 Å². The minimum Gasteiger partial charge on any atom is -0.383 e. The smallest absolute Gasteiger partial charge is 0.228 e. The van der Waals surface area contributed by atoms with E-state index in [1.165, 1.54) is 12.8 Å². The molecule has 3 aliphatic carbocycles. The van der Waals surface area contributed by atoms with Gasteiger partial charge in [-0.05, 0) is 93.1 Å². The Balaban J connectivity index is 1.16. The van der Waals surface area contributed by atoms with E-state index in [9.17, 15) is 9.59 Å². The van der Waals surface area contributed by atoms with Crippen molar-refractivity contribution in [3.8, 4) is 0 Å². The Morgan fingerprint density at radius 3 is 2.47 bits per heavy atom. The highest BCUT2D eigenvalue weighted by atomic mass is 79.9. The molecule has 5 rings (SSSR count). The predicted molar refractivity (Wildman–Crippen MR) is 136 cm³/mol. The predicted octanol–water partition coefficient (Wildman–Crippen LogP) is 4.22. The summed E-state index contributed by atoms with van der Waals surface area (Å²) in [6.07, 6.45) is 11.2. The number of allylic oxidation sites excluding steroid dienone is 2. The molecule has 0 aromatic heterocycles. The van der Waals surface area contributed by atoms with Crippen molar-refractivity contribution in [1.29, 1.82) is 0 Å². The van der Waals surface area contributed by atoms with Crippen molar-refractivity contribution >= 4 is 33.4 Å². The second-order valence-corrected chi connectivity index (χ2v) is 11.4. The van der Waals surface area contributed by atoms with Gasteiger partial charge in [-0.2, -0.15) is 0 Å². The zero-order valence-electron chi connectivity index (χ0n) is 20.0. The molecule has 2 amide bonds. The molecular formula is C27H36BrN3O3. The Kier molecular flexibility index (Phi) is 7.14. The van der Waals surface area contributed by atoms with Crippen molar-refractivity contribution in [3.05, 3.63) is 40.9 Å². The fraction of sp³-hybridized carbons (Fsp3) is 0.630. The van der Waals surface area contributed by atoms with Crippen molar-refractivity contribution in [2.75, 3.05) is 38.7 Å². The molecule has 7 heteroatoms. The number of amides is 2. The number of hydrogen-bond donors (Lipinski definition) is 2. The van der Waals surface area contributed by atoms with Crippen LogP contribution in [0.5, 0.6) is 0 Å². The Labute approximate surface area is 211 Å². The highest BCUT2D eigenvalue weighted by Crippen LogP contribution is 2.72. The van der Waals surface area contributed by atoms with E-state index in [1.807, 2.05) is 24.3 Å². The van der Waals surface area contributed by atoms with Crippen LogP contribution in [0.3, 0.4) is 0 Å². The fourth-order valence-corrected chi connectivity index (χ4v) is 7.07. The summed E-state index contributed by atoms with van der Waals surface area (Å²) in [6.45, 7) is 3.68. The Morgan fingerprint density at radius 1 is 1.09 bits per heavy atom. The van der Waals surface area contributed by atoms with Gasteiger partial charge in [0.05, 0.1) is 18.4 Å². The van der Waals surface area contributed by atoms with Crippen LogP contribution in [0.15, 0.2) is 40.9 Å². The van der Waals surface area contributed by atoms with Crippen LogP contribution in [0.4, 0.5) is 5.69 Å². The van der Waals surface area contributed by atoms with Crippen molar-refractivity contribution in [1.82, 2.24) is 10.2 Å². The van der Waals surface area contributed by atoms with E-state index in [0.717, 1.165) is 55.5 Å². The third-order valence-electron chi connectivity index (χ3n) is 8.59. The molecule has 1 unspecified atom stereocenters. The summed E-state index contributed by atoms with van der Waals surface area (Å²) in [5.74, 6) is -0.159. The highest BCUT2D eigenvalue weighted by Gasteiger charge is 2.69. The highest BCUT2D eigenvalue weighted by molar-refractivity contribution is 9.10. The molecule has 0 radical (unpaired) electrons. The standard InChI is InChI=1S/C27H36BrN3O3/c1-34-17-20-5-4-16-31(20)15-3-2-14-29-25(32)23-21-10-11-22(27(21)12-13-27)24(23)26(33)30-19-8-6-18(28)7-9-19/h6-11,20-24H,2-5,12-17H2,1H3,(H,29,32)(H,30,33)/t20?,21-,22+,23-,24-/m1/s1. The van der Waals surface area contributed by atoms with Gasteiger partial charge in [0.2, 0.25) is 11.8 Å². The third-order valence-corrected chi connectivity index (χ3v) is 9.12. The first-order valence-electron chi connectivity index (χ1n) is 12.8. The first-order chi connectivity index (χ1) is 16.5. The molecule has 2 saturated carbocycles. The maximum atomic E-state index is 13.4. The molecule has 1 aliphatic heterocycles. The molecule has 34 heavy (non-hydrogen) atoms. The molecule has 2 bridgehead atoms. The minimum atomic E-state index is -0.291. The SMILES string of the molecule is COCC1CCCN1CCCCNC(=O)[C@H]1[C@H](C(=O)Nc2ccc(Br)cc2)[C@@H]2C=C[C@H]1C21CC1. The van der Waals surface area contributed by atoms with Gasteiger partial charge in [-0.1, -0.05) is 28.1 Å². The van der Waals surface area contributed by atoms with Gasteiger partial charge in [-0.25, -0.2) is 0 Å². The van der Waals surface area contributed by atoms with E-state index < -0.39 is 0 Å². The van der Waals surface area contributed by atoms with E-state index in [2.05, 4.69) is 43.6 Å². The molecule has 4 aliphatic rings. The van der Waals surface area contributed by atoms with Gasteiger partial charge in [-0.15, -0.1) is 0 Å². The van der Waals surface area contributed by atoms with Crippen molar-refractivity contribution in [2.24, 2.45) is 29.1 Å². The van der Waals surface area contributed by atoms with Crippen LogP contribution in [-0.4, -0.2) is 56.1 Å². The number of methoxy groups -OCH3 is 1. The van der Waals surface area contributed by atoms with Crippen molar-refractivity contribution in [3.63, 3.8) is 0 Å². The first kappa shape index (κ1) is 24.0. The summed E-state index contributed by atoms with van der Waals surface area (Å²) in [4.78, 5) is 29.3. The van der Waals surface area contributed by atoms with E-state index in [4.69, 9.17) is 4.74 Å². The van der Waals surface area contributed by atoms with Gasteiger partial charge in [0.1, 0.15) is 0 Å². The fourth-order valence-electron chi connectivity index (χ4n) is 6.81. The number of hydrogen-bond acceptors (Lipinski definition) is 4. The molecule has 1 aromatic carbocycles. The zero-order valence-corrected chi connectivity index (χ0v) is 21.6. The van der Waals surface area contributed by atoms with Crippen molar-refractivity contribution in [2.45, 2.75) is 44.6 Å². The van der Waals surface area contributed by atoms with E-state index >= 15 is 0 Å². The number of likely N-dealkylation sites (tertiary alicyclic amines) is 1. The molecule has 2 N–H and O–H groups in total. The maximum Gasteiger partial charge on any atom is 0.228 e. The van der Waals surface area contributed by atoms with Crippen LogP contribution in [-0.2, 0) is 14.3 Å². The summed E-state index contributed by atoms with van der Waals surface area (Å²) >= 11 is 3.44.